The lowest BCUT2D eigenvalue weighted by atomic mass is 10.1. The standard InChI is InChI=1S/C13H10Cl3N3O/c1-6-5-9(15)18-12(16)11(6)19-13(20)7-3-2-4-8(14)10(7)17/h2-5H,17H2,1H3,(H,19,20). The number of hydrogen-bond acceptors (Lipinski definition) is 3. The Morgan fingerprint density at radius 1 is 1.30 bits per heavy atom. The predicted molar refractivity (Wildman–Crippen MR) is 82.8 cm³/mol. The van der Waals surface area contributed by atoms with Gasteiger partial charge in [0, 0.05) is 0 Å². The molecule has 1 heterocycles. The van der Waals surface area contributed by atoms with E-state index in [0.717, 1.165) is 0 Å². The maximum Gasteiger partial charge on any atom is 0.257 e. The molecular formula is C13H10Cl3N3O. The van der Waals surface area contributed by atoms with Crippen molar-refractivity contribution >= 4 is 52.1 Å². The fraction of sp³-hybridized carbons (Fsp3) is 0.0769. The van der Waals surface area contributed by atoms with Crippen LogP contribution in [0.15, 0.2) is 24.3 Å². The molecule has 0 fully saturated rings. The lowest BCUT2D eigenvalue weighted by Crippen LogP contribution is -2.15. The molecule has 2 aromatic rings. The average molecular weight is 331 g/mol. The van der Waals surface area contributed by atoms with Crippen molar-refractivity contribution in [2.75, 3.05) is 11.1 Å². The lowest BCUT2D eigenvalue weighted by Gasteiger charge is -2.12. The van der Waals surface area contributed by atoms with Crippen LogP contribution in [0, 0.1) is 6.92 Å². The van der Waals surface area contributed by atoms with E-state index in [1.54, 1.807) is 31.2 Å². The van der Waals surface area contributed by atoms with Gasteiger partial charge in [-0.05, 0) is 30.7 Å². The molecular weight excluding hydrogens is 321 g/mol. The number of nitrogens with two attached hydrogens (primary N) is 1. The molecule has 0 aliphatic carbocycles. The van der Waals surface area contributed by atoms with E-state index in [4.69, 9.17) is 40.5 Å². The van der Waals surface area contributed by atoms with Gasteiger partial charge in [0.15, 0.2) is 5.15 Å². The van der Waals surface area contributed by atoms with Crippen LogP contribution in [0.25, 0.3) is 0 Å². The minimum absolute atomic E-state index is 0.115. The zero-order valence-electron chi connectivity index (χ0n) is 10.4. The Labute approximate surface area is 130 Å². The molecule has 4 nitrogen and oxygen atoms in total. The Morgan fingerprint density at radius 2 is 2.00 bits per heavy atom. The molecule has 0 atom stereocenters. The van der Waals surface area contributed by atoms with Crippen molar-refractivity contribution in [2.45, 2.75) is 6.92 Å². The van der Waals surface area contributed by atoms with E-state index in [-0.39, 0.29) is 21.6 Å². The molecule has 0 saturated carbocycles. The fourth-order valence-corrected chi connectivity index (χ4v) is 2.41. The number of carbonyl (C=O) groups is 1. The second-order valence-corrected chi connectivity index (χ2v) is 5.24. The molecule has 1 aromatic carbocycles. The van der Waals surface area contributed by atoms with Crippen molar-refractivity contribution in [1.82, 2.24) is 4.98 Å². The summed E-state index contributed by atoms with van der Waals surface area (Å²) in [6.07, 6.45) is 0. The maximum absolute atomic E-state index is 12.2. The first kappa shape index (κ1) is 14.9. The number of nitrogen functional groups attached to an aromatic ring is 1. The highest BCUT2D eigenvalue weighted by Gasteiger charge is 2.15. The second kappa shape index (κ2) is 5.87. The van der Waals surface area contributed by atoms with Crippen molar-refractivity contribution in [3.8, 4) is 0 Å². The Morgan fingerprint density at radius 3 is 2.65 bits per heavy atom. The molecule has 0 saturated heterocycles. The van der Waals surface area contributed by atoms with Gasteiger partial charge in [0.2, 0.25) is 0 Å². The molecule has 0 radical (unpaired) electrons. The molecule has 1 amide bonds. The number of pyridine rings is 1. The van der Waals surface area contributed by atoms with Crippen LogP contribution in [0.3, 0.4) is 0 Å². The summed E-state index contributed by atoms with van der Waals surface area (Å²) in [5, 5.41) is 3.35. The summed E-state index contributed by atoms with van der Waals surface area (Å²) in [7, 11) is 0. The third-order valence-electron chi connectivity index (χ3n) is 2.68. The summed E-state index contributed by atoms with van der Waals surface area (Å²) in [5.74, 6) is -0.417. The molecule has 104 valence electrons. The van der Waals surface area contributed by atoms with Crippen LogP contribution < -0.4 is 11.1 Å². The minimum atomic E-state index is -0.417. The number of nitrogens with one attached hydrogen (secondary N) is 1. The van der Waals surface area contributed by atoms with Crippen LogP contribution in [0.4, 0.5) is 11.4 Å². The van der Waals surface area contributed by atoms with Crippen LogP contribution in [-0.4, -0.2) is 10.9 Å². The monoisotopic (exact) mass is 329 g/mol. The Hall–Kier alpha value is -1.49. The van der Waals surface area contributed by atoms with Crippen LogP contribution in [0.1, 0.15) is 15.9 Å². The van der Waals surface area contributed by atoms with Gasteiger partial charge in [-0.2, -0.15) is 0 Å². The van der Waals surface area contributed by atoms with Crippen molar-refractivity contribution in [3.05, 3.63) is 50.7 Å². The fourth-order valence-electron chi connectivity index (χ4n) is 1.66. The van der Waals surface area contributed by atoms with E-state index in [1.807, 2.05) is 0 Å². The molecule has 2 rings (SSSR count). The van der Waals surface area contributed by atoms with Crippen LogP contribution in [-0.2, 0) is 0 Å². The predicted octanol–water partition coefficient (Wildman–Crippen LogP) is 4.18. The number of para-hydroxylation sites is 1. The largest absolute Gasteiger partial charge is 0.397 e. The van der Waals surface area contributed by atoms with Crippen LogP contribution >= 0.6 is 34.8 Å². The summed E-state index contributed by atoms with van der Waals surface area (Å²) in [6.45, 7) is 1.76. The summed E-state index contributed by atoms with van der Waals surface area (Å²) in [5.41, 5.74) is 7.34. The van der Waals surface area contributed by atoms with Gasteiger partial charge in [-0.3, -0.25) is 4.79 Å². The highest BCUT2D eigenvalue weighted by atomic mass is 35.5. The van der Waals surface area contributed by atoms with Crippen molar-refractivity contribution < 1.29 is 4.79 Å². The highest BCUT2D eigenvalue weighted by molar-refractivity contribution is 6.35. The van der Waals surface area contributed by atoms with E-state index in [9.17, 15) is 4.79 Å². The minimum Gasteiger partial charge on any atom is -0.397 e. The number of rotatable bonds is 2. The van der Waals surface area contributed by atoms with Gasteiger partial charge in [0.25, 0.3) is 5.91 Å². The highest BCUT2D eigenvalue weighted by Crippen LogP contribution is 2.28. The Balaban J connectivity index is 2.36. The van der Waals surface area contributed by atoms with E-state index in [0.29, 0.717) is 16.3 Å². The summed E-state index contributed by atoms with van der Waals surface area (Å²) >= 11 is 17.6. The summed E-state index contributed by atoms with van der Waals surface area (Å²) < 4.78 is 0. The van der Waals surface area contributed by atoms with Gasteiger partial charge in [-0.1, -0.05) is 40.9 Å². The van der Waals surface area contributed by atoms with E-state index >= 15 is 0 Å². The molecule has 3 N–H and O–H groups in total. The number of carbonyl (C=O) groups excluding carboxylic acids is 1. The molecule has 0 unspecified atom stereocenters. The third-order valence-corrected chi connectivity index (χ3v) is 3.47. The molecule has 0 aliphatic rings. The normalized spacial score (nSPS) is 10.4. The van der Waals surface area contributed by atoms with Crippen LogP contribution in [0.5, 0.6) is 0 Å². The molecule has 0 bridgehead atoms. The van der Waals surface area contributed by atoms with Gasteiger partial charge in [0.05, 0.1) is 22.0 Å². The second-order valence-electron chi connectivity index (χ2n) is 4.08. The number of nitrogens with zero attached hydrogens (tertiary/aromatic N) is 1. The van der Waals surface area contributed by atoms with Gasteiger partial charge in [-0.15, -0.1) is 0 Å². The van der Waals surface area contributed by atoms with E-state index in [2.05, 4.69) is 10.3 Å². The van der Waals surface area contributed by atoms with E-state index < -0.39 is 5.91 Å². The summed E-state index contributed by atoms with van der Waals surface area (Å²) in [6, 6.07) is 6.42. The Kier molecular flexibility index (Phi) is 4.38. The summed E-state index contributed by atoms with van der Waals surface area (Å²) in [4.78, 5) is 16.1. The first-order valence-corrected chi connectivity index (χ1v) is 6.71. The number of aromatic nitrogens is 1. The molecule has 20 heavy (non-hydrogen) atoms. The lowest BCUT2D eigenvalue weighted by molar-refractivity contribution is 0.102. The zero-order valence-corrected chi connectivity index (χ0v) is 12.6. The van der Waals surface area contributed by atoms with Crippen molar-refractivity contribution in [3.63, 3.8) is 0 Å². The first-order valence-electron chi connectivity index (χ1n) is 5.58. The maximum atomic E-state index is 12.2. The SMILES string of the molecule is Cc1cc(Cl)nc(Cl)c1NC(=O)c1cccc(Cl)c1N. The number of anilines is 2. The van der Waals surface area contributed by atoms with Gasteiger partial charge < -0.3 is 11.1 Å². The molecule has 7 heteroatoms. The van der Waals surface area contributed by atoms with E-state index in [1.165, 1.54) is 0 Å². The van der Waals surface area contributed by atoms with Crippen molar-refractivity contribution in [1.29, 1.82) is 0 Å². The average Bonchev–Trinajstić information content (AvgIpc) is 2.36. The molecule has 0 aliphatic heterocycles. The van der Waals surface area contributed by atoms with Gasteiger partial charge >= 0.3 is 0 Å². The smallest absolute Gasteiger partial charge is 0.257 e. The Bertz CT molecular complexity index is 666. The topological polar surface area (TPSA) is 68.0 Å². The molecule has 1 aromatic heterocycles. The number of benzene rings is 1. The number of amides is 1. The zero-order chi connectivity index (χ0) is 14.9. The number of halogens is 3. The van der Waals surface area contributed by atoms with Crippen molar-refractivity contribution in [2.24, 2.45) is 0 Å². The molecule has 0 spiro atoms. The number of aryl methyl sites for hydroxylation is 1. The van der Waals surface area contributed by atoms with Gasteiger partial charge in [0.1, 0.15) is 5.15 Å². The first-order chi connectivity index (χ1) is 9.40. The van der Waals surface area contributed by atoms with Crippen LogP contribution in [0.2, 0.25) is 15.3 Å². The number of hydrogen-bond donors (Lipinski definition) is 2. The quantitative estimate of drug-likeness (QED) is 0.641. The third kappa shape index (κ3) is 2.98. The van der Waals surface area contributed by atoms with Gasteiger partial charge in [-0.25, -0.2) is 4.98 Å².